The molecule has 0 amide bonds. The van der Waals surface area contributed by atoms with Gasteiger partial charge in [-0.2, -0.15) is 0 Å². The number of pyridine rings is 1. The summed E-state index contributed by atoms with van der Waals surface area (Å²) >= 11 is 0. The number of anilines is 4. The standard InChI is InChI=1S/C44H42N4O/c1-43(2,3)30-24-25-45-42(26-30)48-37-17-11-10-16-34(37)35-22-20-32(27-40(35)48)49-33-21-23-36(44(4,5)6)41(28-33)47-29-46(31-14-8-7-9-15-31)38-18-12-13-19-39(38)47/h7-28H,29H2,1-6H3. The van der Waals surface area contributed by atoms with Crippen molar-refractivity contribution in [2.24, 2.45) is 0 Å². The lowest BCUT2D eigenvalue weighted by Crippen LogP contribution is -2.26. The van der Waals surface area contributed by atoms with Gasteiger partial charge in [0.1, 0.15) is 24.0 Å². The summed E-state index contributed by atoms with van der Waals surface area (Å²) in [5.74, 6) is 2.49. The first-order valence-corrected chi connectivity index (χ1v) is 17.1. The van der Waals surface area contributed by atoms with Gasteiger partial charge in [-0.15, -0.1) is 0 Å². The maximum atomic E-state index is 6.74. The van der Waals surface area contributed by atoms with E-state index in [2.05, 4.69) is 183 Å². The number of nitrogens with zero attached hydrogens (tertiary/aromatic N) is 4. The predicted molar refractivity (Wildman–Crippen MR) is 205 cm³/mol. The zero-order valence-electron chi connectivity index (χ0n) is 29.1. The quantitative estimate of drug-likeness (QED) is 0.187. The van der Waals surface area contributed by atoms with Gasteiger partial charge >= 0.3 is 0 Å². The van der Waals surface area contributed by atoms with E-state index in [0.717, 1.165) is 34.0 Å². The van der Waals surface area contributed by atoms with Crippen LogP contribution in [-0.4, -0.2) is 16.2 Å². The Morgan fingerprint density at radius 2 is 1.20 bits per heavy atom. The van der Waals surface area contributed by atoms with Crippen molar-refractivity contribution >= 4 is 44.6 Å². The normalized spacial score (nSPS) is 13.3. The predicted octanol–water partition coefficient (Wildman–Crippen LogP) is 11.8. The summed E-state index contributed by atoms with van der Waals surface area (Å²) in [5, 5.41) is 2.36. The summed E-state index contributed by atoms with van der Waals surface area (Å²) < 4.78 is 9.01. The molecule has 3 heterocycles. The molecule has 0 aliphatic carbocycles. The number of aromatic nitrogens is 2. The van der Waals surface area contributed by atoms with Crippen LogP contribution < -0.4 is 14.5 Å². The van der Waals surface area contributed by atoms with Crippen LogP contribution in [0.4, 0.5) is 22.7 Å². The van der Waals surface area contributed by atoms with Crippen LogP contribution in [0, 0.1) is 0 Å². The number of hydrogen-bond donors (Lipinski definition) is 0. The van der Waals surface area contributed by atoms with Gasteiger partial charge in [-0.1, -0.05) is 96.1 Å². The Balaban J connectivity index is 1.22. The number of ether oxygens (including phenoxy) is 1. The van der Waals surface area contributed by atoms with Gasteiger partial charge in [-0.25, -0.2) is 4.98 Å². The van der Waals surface area contributed by atoms with Gasteiger partial charge < -0.3 is 14.5 Å². The Kier molecular flexibility index (Phi) is 7.25. The highest BCUT2D eigenvalue weighted by atomic mass is 16.5. The maximum absolute atomic E-state index is 6.74. The molecule has 0 fully saturated rings. The zero-order valence-corrected chi connectivity index (χ0v) is 29.1. The summed E-state index contributed by atoms with van der Waals surface area (Å²) in [5.41, 5.74) is 9.35. The first kappa shape index (κ1) is 30.8. The van der Waals surface area contributed by atoms with E-state index in [1.54, 1.807) is 0 Å². The van der Waals surface area contributed by atoms with E-state index in [1.807, 2.05) is 6.20 Å². The lowest BCUT2D eigenvalue weighted by Gasteiger charge is -2.30. The fourth-order valence-electron chi connectivity index (χ4n) is 7.09. The van der Waals surface area contributed by atoms with Crippen LogP contribution in [0.25, 0.3) is 27.6 Å². The third kappa shape index (κ3) is 5.49. The number of para-hydroxylation sites is 4. The van der Waals surface area contributed by atoms with Gasteiger partial charge in [-0.3, -0.25) is 4.57 Å². The van der Waals surface area contributed by atoms with E-state index in [1.165, 1.54) is 39.0 Å². The summed E-state index contributed by atoms with van der Waals surface area (Å²) in [7, 11) is 0. The molecule has 1 aliphatic heterocycles. The SMILES string of the molecule is CC(C)(C)c1ccnc(-n2c3ccccc3c3ccc(Oc4ccc(C(C)(C)C)c(N5CN(c6ccccc6)c6ccccc65)c4)cc32)c1. The Bertz CT molecular complexity index is 2320. The maximum Gasteiger partial charge on any atom is 0.137 e. The van der Waals surface area contributed by atoms with Crippen LogP contribution in [0.1, 0.15) is 52.7 Å². The molecule has 49 heavy (non-hydrogen) atoms. The van der Waals surface area contributed by atoms with Crippen molar-refractivity contribution < 1.29 is 4.74 Å². The van der Waals surface area contributed by atoms with Crippen molar-refractivity contribution in [2.45, 2.75) is 52.4 Å². The minimum atomic E-state index is -0.0720. The molecule has 244 valence electrons. The molecule has 5 nitrogen and oxygen atoms in total. The van der Waals surface area contributed by atoms with Crippen LogP contribution in [0.5, 0.6) is 11.5 Å². The zero-order chi connectivity index (χ0) is 33.9. The van der Waals surface area contributed by atoms with Crippen molar-refractivity contribution in [2.75, 3.05) is 16.5 Å². The minimum absolute atomic E-state index is 0.00955. The first-order chi connectivity index (χ1) is 23.6. The molecule has 1 aliphatic rings. The molecule has 0 N–H and O–H groups in total. The van der Waals surface area contributed by atoms with Crippen LogP contribution in [0.3, 0.4) is 0 Å². The Morgan fingerprint density at radius 3 is 1.96 bits per heavy atom. The molecule has 8 rings (SSSR count). The van der Waals surface area contributed by atoms with Crippen molar-refractivity contribution in [1.29, 1.82) is 0 Å². The molecule has 0 saturated heterocycles. The number of rotatable bonds is 5. The number of benzene rings is 5. The van der Waals surface area contributed by atoms with Gasteiger partial charge in [0.25, 0.3) is 0 Å². The first-order valence-electron chi connectivity index (χ1n) is 17.1. The molecule has 0 radical (unpaired) electrons. The highest BCUT2D eigenvalue weighted by Gasteiger charge is 2.31. The van der Waals surface area contributed by atoms with Crippen LogP contribution in [-0.2, 0) is 10.8 Å². The van der Waals surface area contributed by atoms with Crippen LogP contribution in [0.2, 0.25) is 0 Å². The van der Waals surface area contributed by atoms with E-state index < -0.39 is 0 Å². The molecule has 0 spiro atoms. The number of fused-ring (bicyclic) bond motifs is 4. The fourth-order valence-corrected chi connectivity index (χ4v) is 7.09. The average Bonchev–Trinajstić information content (AvgIpc) is 3.64. The van der Waals surface area contributed by atoms with E-state index in [9.17, 15) is 0 Å². The second-order valence-electron chi connectivity index (χ2n) is 15.0. The highest BCUT2D eigenvalue weighted by Crippen LogP contribution is 2.48. The molecule has 0 atom stereocenters. The molecule has 5 aromatic carbocycles. The van der Waals surface area contributed by atoms with Gasteiger partial charge in [0, 0.05) is 34.8 Å². The van der Waals surface area contributed by atoms with Gasteiger partial charge in [0.2, 0.25) is 0 Å². The summed E-state index contributed by atoms with van der Waals surface area (Å²) in [6.45, 7) is 14.3. The fraction of sp³-hybridized carbons (Fsp3) is 0.205. The van der Waals surface area contributed by atoms with Gasteiger partial charge in [0.05, 0.1) is 28.1 Å². The second-order valence-corrected chi connectivity index (χ2v) is 15.0. The third-order valence-electron chi connectivity index (χ3n) is 9.60. The third-order valence-corrected chi connectivity index (χ3v) is 9.60. The Labute approximate surface area is 289 Å². The van der Waals surface area contributed by atoms with Crippen molar-refractivity contribution in [3.8, 4) is 17.3 Å². The molecule has 0 unspecified atom stereocenters. The topological polar surface area (TPSA) is 33.5 Å². The molecule has 0 bridgehead atoms. The van der Waals surface area contributed by atoms with E-state index in [-0.39, 0.29) is 10.8 Å². The van der Waals surface area contributed by atoms with E-state index in [0.29, 0.717) is 6.67 Å². The highest BCUT2D eigenvalue weighted by molar-refractivity contribution is 6.09. The molecular weight excluding hydrogens is 601 g/mol. The van der Waals surface area contributed by atoms with Crippen molar-refractivity contribution in [3.63, 3.8) is 0 Å². The smallest absolute Gasteiger partial charge is 0.137 e. The molecule has 7 aromatic rings. The lowest BCUT2D eigenvalue weighted by atomic mass is 9.85. The van der Waals surface area contributed by atoms with Crippen LogP contribution >= 0.6 is 0 Å². The Hall–Kier alpha value is -5.55. The van der Waals surface area contributed by atoms with E-state index in [4.69, 9.17) is 9.72 Å². The van der Waals surface area contributed by atoms with Crippen molar-refractivity contribution in [3.05, 3.63) is 145 Å². The van der Waals surface area contributed by atoms with Crippen LogP contribution in [0.15, 0.2) is 134 Å². The second kappa shape index (κ2) is 11.6. The molecule has 5 heteroatoms. The molecule has 0 saturated carbocycles. The average molecular weight is 643 g/mol. The minimum Gasteiger partial charge on any atom is -0.457 e. The largest absolute Gasteiger partial charge is 0.457 e. The molecule has 2 aromatic heterocycles. The number of hydrogen-bond acceptors (Lipinski definition) is 4. The summed E-state index contributed by atoms with van der Waals surface area (Å²) in [6.07, 6.45) is 1.92. The summed E-state index contributed by atoms with van der Waals surface area (Å²) in [6, 6.07) is 45.1. The van der Waals surface area contributed by atoms with E-state index >= 15 is 0 Å². The molecular formula is C44H42N4O. The monoisotopic (exact) mass is 642 g/mol. The summed E-state index contributed by atoms with van der Waals surface area (Å²) in [4.78, 5) is 9.66. The lowest BCUT2D eigenvalue weighted by molar-refractivity contribution is 0.482. The van der Waals surface area contributed by atoms with Crippen molar-refractivity contribution in [1.82, 2.24) is 9.55 Å². The Morgan fingerprint density at radius 1 is 0.551 bits per heavy atom. The van der Waals surface area contributed by atoms with Gasteiger partial charge in [0.15, 0.2) is 0 Å². The van der Waals surface area contributed by atoms with Gasteiger partial charge in [-0.05, 0) is 82.6 Å².